The lowest BCUT2D eigenvalue weighted by Gasteiger charge is -2.29. The van der Waals surface area contributed by atoms with Crippen LogP contribution in [0.4, 0.5) is 13.2 Å². The molecule has 3 N–H and O–H groups in total. The zero-order valence-electron chi connectivity index (χ0n) is 19.0. The number of hydrogen-bond acceptors (Lipinski definition) is 6. The van der Waals surface area contributed by atoms with Gasteiger partial charge in [-0.1, -0.05) is 29.8 Å². The number of benzene rings is 2. The number of carbonyl (C=O) groups is 2. The molecule has 2 aromatic rings. The minimum atomic E-state index is -5.01. The maximum absolute atomic E-state index is 12.8. The van der Waals surface area contributed by atoms with Crippen molar-refractivity contribution in [2.45, 2.75) is 51.1 Å². The zero-order chi connectivity index (χ0) is 24.9. The first-order valence-corrected chi connectivity index (χ1v) is 10.9. The molecule has 0 radical (unpaired) electrons. The molecule has 1 saturated heterocycles. The topological polar surface area (TPSA) is 93.9 Å². The van der Waals surface area contributed by atoms with Crippen LogP contribution >= 0.6 is 0 Å². The van der Waals surface area contributed by atoms with Gasteiger partial charge < -0.3 is 14.8 Å². The molecule has 1 fully saturated rings. The third kappa shape index (κ3) is 6.94. The van der Waals surface area contributed by atoms with Crippen molar-refractivity contribution in [1.29, 1.82) is 0 Å². The van der Waals surface area contributed by atoms with E-state index >= 15 is 0 Å². The molecular weight excluding hydrogens is 451 g/mol. The lowest BCUT2D eigenvalue weighted by atomic mass is 10.0. The van der Waals surface area contributed by atoms with Crippen LogP contribution in [-0.4, -0.2) is 48.3 Å². The van der Waals surface area contributed by atoms with Crippen LogP contribution in [0.15, 0.2) is 48.5 Å². The van der Waals surface area contributed by atoms with Gasteiger partial charge in [-0.15, -0.1) is 0 Å². The van der Waals surface area contributed by atoms with Crippen molar-refractivity contribution in [1.82, 2.24) is 10.3 Å². The number of hydrazine groups is 1. The maximum Gasteiger partial charge on any atom is 0.471 e. The Bertz CT molecular complexity index is 980. The van der Waals surface area contributed by atoms with Crippen LogP contribution in [0.5, 0.6) is 5.75 Å². The van der Waals surface area contributed by atoms with Crippen LogP contribution in [0.25, 0.3) is 0 Å². The molecule has 0 spiro atoms. The van der Waals surface area contributed by atoms with E-state index in [-0.39, 0.29) is 6.10 Å². The van der Waals surface area contributed by atoms with E-state index in [0.717, 1.165) is 24.9 Å². The molecule has 0 aromatic heterocycles. The molecule has 1 aliphatic heterocycles. The highest BCUT2D eigenvalue weighted by atomic mass is 19.4. The minimum absolute atomic E-state index is 0.286. The Morgan fingerprint density at radius 3 is 2.35 bits per heavy atom. The normalized spacial score (nSPS) is 18.6. The van der Waals surface area contributed by atoms with Crippen molar-refractivity contribution in [3.05, 3.63) is 65.2 Å². The second kappa shape index (κ2) is 10.9. The quantitative estimate of drug-likeness (QED) is 0.465. The molecule has 10 heteroatoms. The van der Waals surface area contributed by atoms with Crippen molar-refractivity contribution in [2.24, 2.45) is 5.84 Å². The van der Waals surface area contributed by atoms with Gasteiger partial charge in [0.25, 0.3) is 0 Å². The molecule has 1 amide bonds. The number of ether oxygens (including phenoxy) is 2. The summed E-state index contributed by atoms with van der Waals surface area (Å²) in [6.45, 7) is 4.53. The van der Waals surface area contributed by atoms with Gasteiger partial charge in [-0.25, -0.2) is 9.80 Å². The average molecular weight is 479 g/mol. The lowest BCUT2D eigenvalue weighted by Crippen LogP contribution is -2.45. The van der Waals surface area contributed by atoms with Crippen molar-refractivity contribution in [3.63, 3.8) is 0 Å². The molecule has 0 unspecified atom stereocenters. The van der Waals surface area contributed by atoms with Crippen LogP contribution in [0.3, 0.4) is 0 Å². The number of nitrogens with two attached hydrogens (primary N) is 1. The number of alkyl halides is 3. The van der Waals surface area contributed by atoms with Gasteiger partial charge in [0.05, 0.1) is 18.2 Å². The summed E-state index contributed by atoms with van der Waals surface area (Å²) in [5, 5.41) is 3.57. The molecule has 3 atom stereocenters. The van der Waals surface area contributed by atoms with Gasteiger partial charge in [-0.3, -0.25) is 10.6 Å². The van der Waals surface area contributed by atoms with E-state index in [4.69, 9.17) is 15.3 Å². The number of esters is 1. The number of halogens is 3. The van der Waals surface area contributed by atoms with E-state index in [9.17, 15) is 22.8 Å². The molecule has 0 bridgehead atoms. The molecule has 3 rings (SSSR count). The summed E-state index contributed by atoms with van der Waals surface area (Å²) in [7, 11) is 0. The number of hydrogen-bond donors (Lipinski definition) is 2. The van der Waals surface area contributed by atoms with Gasteiger partial charge in [0.2, 0.25) is 0 Å². The average Bonchev–Trinajstić information content (AvgIpc) is 2.78. The van der Waals surface area contributed by atoms with E-state index in [2.05, 4.69) is 0 Å². The third-order valence-corrected chi connectivity index (χ3v) is 5.51. The first-order valence-electron chi connectivity index (χ1n) is 10.9. The fraction of sp³-hybridized carbons (Fsp3) is 0.417. The number of amides is 1. The minimum Gasteiger partial charge on any atom is -0.484 e. The van der Waals surface area contributed by atoms with E-state index in [0.29, 0.717) is 23.4 Å². The monoisotopic (exact) mass is 479 g/mol. The van der Waals surface area contributed by atoms with E-state index < -0.39 is 30.2 Å². The molecule has 7 nitrogen and oxygen atoms in total. The highest BCUT2D eigenvalue weighted by Gasteiger charge is 2.40. The highest BCUT2D eigenvalue weighted by molar-refractivity contribution is 5.89. The van der Waals surface area contributed by atoms with Crippen molar-refractivity contribution < 1.29 is 32.2 Å². The van der Waals surface area contributed by atoms with E-state index in [1.807, 2.05) is 12.2 Å². The number of aryl methyl sites for hydroxylation is 1. The molecular formula is C24H28F3N3O4. The second-order valence-electron chi connectivity index (χ2n) is 8.40. The molecule has 1 heterocycles. The van der Waals surface area contributed by atoms with Gasteiger partial charge in [-0.2, -0.15) is 13.2 Å². The summed E-state index contributed by atoms with van der Waals surface area (Å²) in [6, 6.07) is 12.2. The fourth-order valence-corrected chi connectivity index (χ4v) is 3.68. The van der Waals surface area contributed by atoms with Gasteiger partial charge >= 0.3 is 18.1 Å². The summed E-state index contributed by atoms with van der Waals surface area (Å²) in [4.78, 5) is 23.9. The Hall–Kier alpha value is -3.11. The number of piperidine rings is 1. The van der Waals surface area contributed by atoms with Gasteiger partial charge in [0.1, 0.15) is 18.0 Å². The maximum atomic E-state index is 12.8. The molecule has 2 aromatic carbocycles. The molecule has 1 aliphatic rings. The van der Waals surface area contributed by atoms with Gasteiger partial charge in [0, 0.05) is 6.54 Å². The Morgan fingerprint density at radius 2 is 1.76 bits per heavy atom. The van der Waals surface area contributed by atoms with E-state index in [1.54, 1.807) is 29.3 Å². The SMILES string of the molecule is Cc1ccc([C@@H](Oc2ccc(C(=O)O[C@H]3CCCN(N)C3)cc2)[C@H](C)NC(=O)C(F)(F)F)cc1. The first kappa shape index (κ1) is 25.5. The van der Waals surface area contributed by atoms with Crippen molar-refractivity contribution in [2.75, 3.05) is 13.1 Å². The van der Waals surface area contributed by atoms with Crippen molar-refractivity contribution >= 4 is 11.9 Å². The number of nitrogens with one attached hydrogen (secondary N) is 1. The summed E-state index contributed by atoms with van der Waals surface area (Å²) in [5.74, 6) is 3.56. The van der Waals surface area contributed by atoms with Crippen LogP contribution in [-0.2, 0) is 9.53 Å². The van der Waals surface area contributed by atoms with Gasteiger partial charge in [-0.05, 0) is 56.5 Å². The molecule has 34 heavy (non-hydrogen) atoms. The fourth-order valence-electron chi connectivity index (χ4n) is 3.68. The summed E-state index contributed by atoms with van der Waals surface area (Å²) in [5.41, 5.74) is 1.87. The molecule has 0 saturated carbocycles. The van der Waals surface area contributed by atoms with Crippen LogP contribution in [0.2, 0.25) is 0 Å². The predicted octanol–water partition coefficient (Wildman–Crippen LogP) is 3.68. The standard InChI is InChI=1S/C24H28F3N3O4/c1-15-5-7-17(8-6-15)21(16(2)29-23(32)24(25,26)27)33-19-11-9-18(10-12-19)22(31)34-20-4-3-13-30(28)14-20/h5-12,16,20-21H,3-4,13-14,28H2,1-2H3,(H,29,32)/t16-,20-,21-/m0/s1. The van der Waals surface area contributed by atoms with Crippen LogP contribution in [0, 0.1) is 6.92 Å². The number of nitrogens with zero attached hydrogens (tertiary/aromatic N) is 1. The lowest BCUT2D eigenvalue weighted by molar-refractivity contribution is -0.174. The third-order valence-electron chi connectivity index (χ3n) is 5.51. The highest BCUT2D eigenvalue weighted by Crippen LogP contribution is 2.27. The van der Waals surface area contributed by atoms with Crippen molar-refractivity contribution in [3.8, 4) is 5.75 Å². The van der Waals surface area contributed by atoms with Crippen LogP contribution < -0.4 is 15.9 Å². The predicted molar refractivity (Wildman–Crippen MR) is 119 cm³/mol. The summed E-state index contributed by atoms with van der Waals surface area (Å²) >= 11 is 0. The zero-order valence-corrected chi connectivity index (χ0v) is 19.0. The Balaban J connectivity index is 1.72. The first-order chi connectivity index (χ1) is 16.0. The van der Waals surface area contributed by atoms with Gasteiger partial charge in [0.15, 0.2) is 0 Å². The Labute approximate surface area is 196 Å². The second-order valence-corrected chi connectivity index (χ2v) is 8.40. The Morgan fingerprint density at radius 1 is 1.12 bits per heavy atom. The molecule has 184 valence electrons. The Kier molecular flexibility index (Phi) is 8.16. The number of carbonyl (C=O) groups excluding carboxylic acids is 2. The summed E-state index contributed by atoms with van der Waals surface area (Å²) < 4.78 is 49.7. The number of rotatable bonds is 7. The molecule has 0 aliphatic carbocycles. The van der Waals surface area contributed by atoms with Crippen LogP contribution in [0.1, 0.15) is 47.4 Å². The summed E-state index contributed by atoms with van der Waals surface area (Å²) in [6.07, 6.45) is -4.62. The van der Waals surface area contributed by atoms with E-state index in [1.165, 1.54) is 31.2 Å². The smallest absolute Gasteiger partial charge is 0.471 e. The largest absolute Gasteiger partial charge is 0.484 e.